The van der Waals surface area contributed by atoms with Crippen LogP contribution in [0.1, 0.15) is 25.3 Å². The maximum absolute atomic E-state index is 5.19. The summed E-state index contributed by atoms with van der Waals surface area (Å²) in [7, 11) is 1.63. The fourth-order valence-electron chi connectivity index (χ4n) is 2.06. The van der Waals surface area contributed by atoms with Crippen molar-refractivity contribution in [2.45, 2.75) is 31.4 Å². The molecule has 1 unspecified atom stereocenters. The van der Waals surface area contributed by atoms with E-state index in [0.29, 0.717) is 10.6 Å². The number of rotatable bonds is 4. The smallest absolute Gasteiger partial charge is 0.221 e. The van der Waals surface area contributed by atoms with E-state index in [9.17, 15) is 0 Å². The van der Waals surface area contributed by atoms with Gasteiger partial charge in [-0.1, -0.05) is 0 Å². The number of aromatic nitrogens is 2. The van der Waals surface area contributed by atoms with Gasteiger partial charge >= 0.3 is 0 Å². The molecular formula is C12H19N3OS. The molecule has 0 bridgehead atoms. The van der Waals surface area contributed by atoms with Crippen molar-refractivity contribution < 1.29 is 4.74 Å². The van der Waals surface area contributed by atoms with E-state index >= 15 is 0 Å². The van der Waals surface area contributed by atoms with Gasteiger partial charge in [0.15, 0.2) is 0 Å². The Morgan fingerprint density at radius 2 is 2.35 bits per heavy atom. The average Bonchev–Trinajstić information content (AvgIpc) is 2.75. The molecule has 2 heterocycles. The molecule has 0 aromatic carbocycles. The lowest BCUT2D eigenvalue weighted by atomic mass is 10.1. The van der Waals surface area contributed by atoms with Crippen LogP contribution in [0.2, 0.25) is 0 Å². The van der Waals surface area contributed by atoms with Crippen molar-refractivity contribution in [3.05, 3.63) is 11.9 Å². The van der Waals surface area contributed by atoms with E-state index < -0.39 is 0 Å². The van der Waals surface area contributed by atoms with Crippen molar-refractivity contribution in [2.24, 2.45) is 0 Å². The zero-order valence-corrected chi connectivity index (χ0v) is 11.4. The molecule has 1 N–H and O–H groups in total. The van der Waals surface area contributed by atoms with Gasteiger partial charge in [-0.25, -0.2) is 9.97 Å². The highest BCUT2D eigenvalue weighted by atomic mass is 32.2. The highest BCUT2D eigenvalue weighted by Gasteiger charge is 2.29. The number of nitrogens with one attached hydrogen (secondary N) is 1. The van der Waals surface area contributed by atoms with Crippen LogP contribution in [0.4, 0.5) is 5.82 Å². The van der Waals surface area contributed by atoms with Crippen LogP contribution in [0, 0.1) is 6.92 Å². The zero-order chi connectivity index (χ0) is 12.3. The second-order valence-electron chi connectivity index (χ2n) is 4.61. The first-order chi connectivity index (χ1) is 8.14. The summed E-state index contributed by atoms with van der Waals surface area (Å²) in [6, 6.07) is 0. The van der Waals surface area contributed by atoms with Crippen LogP contribution in [0.15, 0.2) is 6.33 Å². The maximum Gasteiger partial charge on any atom is 0.221 e. The largest absolute Gasteiger partial charge is 0.481 e. The lowest BCUT2D eigenvalue weighted by Gasteiger charge is -2.23. The summed E-state index contributed by atoms with van der Waals surface area (Å²) in [5.41, 5.74) is 0.974. The Morgan fingerprint density at radius 3 is 3.00 bits per heavy atom. The van der Waals surface area contributed by atoms with E-state index in [1.165, 1.54) is 24.9 Å². The van der Waals surface area contributed by atoms with Crippen molar-refractivity contribution in [1.82, 2.24) is 9.97 Å². The van der Waals surface area contributed by atoms with Gasteiger partial charge in [-0.05, 0) is 32.4 Å². The monoisotopic (exact) mass is 253 g/mol. The molecule has 4 nitrogen and oxygen atoms in total. The topological polar surface area (TPSA) is 47.0 Å². The summed E-state index contributed by atoms with van der Waals surface area (Å²) in [5, 5.41) is 3.42. The Balaban J connectivity index is 2.03. The van der Waals surface area contributed by atoms with E-state index in [-0.39, 0.29) is 0 Å². The van der Waals surface area contributed by atoms with Crippen LogP contribution in [0.3, 0.4) is 0 Å². The van der Waals surface area contributed by atoms with Crippen molar-refractivity contribution in [1.29, 1.82) is 0 Å². The molecule has 5 heteroatoms. The third-order valence-corrected chi connectivity index (χ3v) is 4.70. The summed E-state index contributed by atoms with van der Waals surface area (Å²) in [6.07, 6.45) is 4.12. The van der Waals surface area contributed by atoms with E-state index in [4.69, 9.17) is 4.74 Å². The summed E-state index contributed by atoms with van der Waals surface area (Å²) in [5.74, 6) is 2.79. The molecule has 1 atom stereocenters. The number of hydrogen-bond donors (Lipinski definition) is 1. The number of ether oxygens (including phenoxy) is 1. The van der Waals surface area contributed by atoms with Gasteiger partial charge in [-0.15, -0.1) is 0 Å². The molecule has 1 fully saturated rings. The molecule has 17 heavy (non-hydrogen) atoms. The maximum atomic E-state index is 5.19. The molecule has 0 spiro atoms. The second-order valence-corrected chi connectivity index (χ2v) is 6.29. The summed E-state index contributed by atoms with van der Waals surface area (Å²) in [4.78, 5) is 8.34. The quantitative estimate of drug-likeness (QED) is 0.893. The summed E-state index contributed by atoms with van der Waals surface area (Å²) < 4.78 is 5.52. The first kappa shape index (κ1) is 12.5. The molecule has 2 rings (SSSR count). The first-order valence-corrected chi connectivity index (χ1v) is 6.87. The van der Waals surface area contributed by atoms with Crippen LogP contribution >= 0.6 is 11.8 Å². The van der Waals surface area contributed by atoms with Crippen LogP contribution in [-0.2, 0) is 0 Å². The predicted molar refractivity (Wildman–Crippen MR) is 71.9 cm³/mol. The molecule has 1 aliphatic rings. The summed E-state index contributed by atoms with van der Waals surface area (Å²) in [6.45, 7) is 5.23. The van der Waals surface area contributed by atoms with E-state index in [0.717, 1.165) is 17.9 Å². The number of nitrogens with zero attached hydrogens (tertiary/aromatic N) is 2. The van der Waals surface area contributed by atoms with E-state index in [2.05, 4.69) is 22.2 Å². The molecule has 0 amide bonds. The standard InChI is InChI=1S/C12H19N3OS/c1-9-10(14-8-15-11(9)16-3)13-7-12(2)5-4-6-17-12/h8H,4-7H2,1-3H3,(H,13,14,15). The molecule has 1 saturated heterocycles. The molecule has 94 valence electrons. The van der Waals surface area contributed by atoms with Gasteiger partial charge < -0.3 is 10.1 Å². The summed E-state index contributed by atoms with van der Waals surface area (Å²) >= 11 is 2.04. The van der Waals surface area contributed by atoms with Crippen LogP contribution in [0.25, 0.3) is 0 Å². The highest BCUT2D eigenvalue weighted by Crippen LogP contribution is 2.37. The molecular weight excluding hydrogens is 234 g/mol. The van der Waals surface area contributed by atoms with Gasteiger partial charge in [0.2, 0.25) is 5.88 Å². The molecule has 0 aliphatic carbocycles. The molecule has 0 saturated carbocycles. The van der Waals surface area contributed by atoms with E-state index in [1.54, 1.807) is 7.11 Å². The van der Waals surface area contributed by atoms with Gasteiger partial charge in [-0.3, -0.25) is 0 Å². The number of anilines is 1. The van der Waals surface area contributed by atoms with Gasteiger partial charge in [0.05, 0.1) is 12.7 Å². The number of methoxy groups -OCH3 is 1. The van der Waals surface area contributed by atoms with Gasteiger partial charge in [0.1, 0.15) is 12.1 Å². The average molecular weight is 253 g/mol. The zero-order valence-electron chi connectivity index (χ0n) is 10.6. The van der Waals surface area contributed by atoms with Crippen LogP contribution in [-0.4, -0.2) is 34.1 Å². The van der Waals surface area contributed by atoms with Crippen molar-refractivity contribution >= 4 is 17.6 Å². The fourth-order valence-corrected chi connectivity index (χ4v) is 3.31. The Morgan fingerprint density at radius 1 is 1.53 bits per heavy atom. The lowest BCUT2D eigenvalue weighted by molar-refractivity contribution is 0.393. The first-order valence-electron chi connectivity index (χ1n) is 5.88. The second kappa shape index (κ2) is 5.12. The van der Waals surface area contributed by atoms with Crippen molar-refractivity contribution in [3.63, 3.8) is 0 Å². The number of hydrogen-bond acceptors (Lipinski definition) is 5. The minimum Gasteiger partial charge on any atom is -0.481 e. The van der Waals surface area contributed by atoms with Gasteiger partial charge in [0.25, 0.3) is 0 Å². The van der Waals surface area contributed by atoms with Crippen molar-refractivity contribution in [3.8, 4) is 5.88 Å². The molecule has 1 aliphatic heterocycles. The Hall–Kier alpha value is -0.970. The predicted octanol–water partition coefficient (Wildman–Crippen LogP) is 2.49. The third kappa shape index (κ3) is 2.83. The van der Waals surface area contributed by atoms with Crippen LogP contribution in [0.5, 0.6) is 5.88 Å². The molecule has 0 radical (unpaired) electrons. The minimum absolute atomic E-state index is 0.338. The Kier molecular flexibility index (Phi) is 3.76. The normalized spacial score (nSPS) is 23.7. The SMILES string of the molecule is COc1ncnc(NCC2(C)CCCS2)c1C. The minimum atomic E-state index is 0.338. The van der Waals surface area contributed by atoms with E-state index in [1.807, 2.05) is 18.7 Å². The Bertz CT molecular complexity index is 391. The Labute approximate surface area is 107 Å². The highest BCUT2D eigenvalue weighted by molar-refractivity contribution is 8.00. The lowest BCUT2D eigenvalue weighted by Crippen LogP contribution is -2.27. The van der Waals surface area contributed by atoms with Crippen LogP contribution < -0.4 is 10.1 Å². The fraction of sp³-hybridized carbons (Fsp3) is 0.667. The number of thioether (sulfide) groups is 1. The van der Waals surface area contributed by atoms with Crippen molar-refractivity contribution in [2.75, 3.05) is 24.7 Å². The molecule has 1 aromatic rings. The molecule has 1 aromatic heterocycles. The third-order valence-electron chi connectivity index (χ3n) is 3.16. The van der Waals surface area contributed by atoms with Gasteiger partial charge in [-0.2, -0.15) is 11.8 Å². The van der Waals surface area contributed by atoms with Gasteiger partial charge in [0, 0.05) is 11.3 Å².